The van der Waals surface area contributed by atoms with Gasteiger partial charge < -0.3 is 9.84 Å². The maximum Gasteiger partial charge on any atom is 0.425 e. The van der Waals surface area contributed by atoms with E-state index in [0.29, 0.717) is 0 Å². The maximum atomic E-state index is 12.5. The van der Waals surface area contributed by atoms with Crippen molar-refractivity contribution in [1.29, 1.82) is 0 Å². The number of alkyl halides is 3. The highest BCUT2D eigenvalue weighted by molar-refractivity contribution is 7.98. The molecule has 1 aromatic carbocycles. The van der Waals surface area contributed by atoms with Crippen LogP contribution in [0.4, 0.5) is 13.2 Å². The Morgan fingerprint density at radius 1 is 1.39 bits per heavy atom. The largest absolute Gasteiger partial charge is 0.481 e. The minimum Gasteiger partial charge on any atom is -0.481 e. The molecular formula is C11H11F3O3S. The smallest absolute Gasteiger partial charge is 0.425 e. The van der Waals surface area contributed by atoms with Crippen molar-refractivity contribution >= 4 is 17.7 Å². The SMILES string of the molecule is CSc1ccc(OC(CC(=O)O)C(F)(F)F)cc1. The second-order valence-electron chi connectivity index (χ2n) is 3.42. The molecule has 1 atom stereocenters. The molecule has 1 aromatic rings. The van der Waals surface area contributed by atoms with Crippen LogP contribution in [0.25, 0.3) is 0 Å². The Balaban J connectivity index is 2.79. The van der Waals surface area contributed by atoms with Gasteiger partial charge in [-0.3, -0.25) is 4.79 Å². The Morgan fingerprint density at radius 2 is 1.94 bits per heavy atom. The van der Waals surface area contributed by atoms with E-state index < -0.39 is 24.7 Å². The van der Waals surface area contributed by atoms with E-state index in [9.17, 15) is 18.0 Å². The van der Waals surface area contributed by atoms with Crippen molar-refractivity contribution in [2.75, 3.05) is 6.26 Å². The van der Waals surface area contributed by atoms with Crippen LogP contribution in [0.3, 0.4) is 0 Å². The van der Waals surface area contributed by atoms with Gasteiger partial charge in [0, 0.05) is 4.90 Å². The van der Waals surface area contributed by atoms with Gasteiger partial charge in [-0.2, -0.15) is 13.2 Å². The van der Waals surface area contributed by atoms with Crippen LogP contribution in [0, 0.1) is 0 Å². The highest BCUT2D eigenvalue weighted by Crippen LogP contribution is 2.28. The van der Waals surface area contributed by atoms with Crippen LogP contribution in [-0.4, -0.2) is 29.6 Å². The van der Waals surface area contributed by atoms with Crippen LogP contribution < -0.4 is 4.74 Å². The van der Waals surface area contributed by atoms with Crippen LogP contribution >= 0.6 is 11.8 Å². The number of thioether (sulfide) groups is 1. The van der Waals surface area contributed by atoms with Gasteiger partial charge in [0.05, 0.1) is 6.42 Å². The monoisotopic (exact) mass is 280 g/mol. The van der Waals surface area contributed by atoms with E-state index >= 15 is 0 Å². The van der Waals surface area contributed by atoms with Crippen molar-refractivity contribution in [2.24, 2.45) is 0 Å². The zero-order chi connectivity index (χ0) is 13.8. The molecule has 1 unspecified atom stereocenters. The van der Waals surface area contributed by atoms with Gasteiger partial charge in [0.2, 0.25) is 6.10 Å². The number of carbonyl (C=O) groups is 1. The molecule has 0 fully saturated rings. The fourth-order valence-corrected chi connectivity index (χ4v) is 1.61. The maximum absolute atomic E-state index is 12.5. The summed E-state index contributed by atoms with van der Waals surface area (Å²) in [6.45, 7) is 0. The summed E-state index contributed by atoms with van der Waals surface area (Å²) in [6, 6.07) is 5.97. The first-order chi connectivity index (χ1) is 8.32. The Bertz CT molecular complexity index is 403. The summed E-state index contributed by atoms with van der Waals surface area (Å²) in [7, 11) is 0. The van der Waals surface area contributed by atoms with Crippen molar-refractivity contribution in [3.05, 3.63) is 24.3 Å². The lowest BCUT2D eigenvalue weighted by atomic mass is 10.2. The fourth-order valence-electron chi connectivity index (χ4n) is 1.20. The van der Waals surface area contributed by atoms with Crippen LogP contribution in [0.2, 0.25) is 0 Å². The Kier molecular flexibility index (Phi) is 4.89. The third kappa shape index (κ3) is 4.48. The summed E-state index contributed by atoms with van der Waals surface area (Å²) in [5.74, 6) is -1.56. The third-order valence-electron chi connectivity index (χ3n) is 2.06. The highest BCUT2D eigenvalue weighted by Gasteiger charge is 2.43. The Labute approximate surface area is 106 Å². The molecule has 0 aromatic heterocycles. The van der Waals surface area contributed by atoms with Crippen LogP contribution in [0.5, 0.6) is 5.75 Å². The van der Waals surface area contributed by atoms with Gasteiger partial charge in [0.15, 0.2) is 0 Å². The lowest BCUT2D eigenvalue weighted by Gasteiger charge is -2.20. The van der Waals surface area contributed by atoms with Crippen molar-refractivity contribution in [3.8, 4) is 5.75 Å². The van der Waals surface area contributed by atoms with Gasteiger partial charge in [0.25, 0.3) is 0 Å². The topological polar surface area (TPSA) is 46.5 Å². The minimum atomic E-state index is -4.71. The summed E-state index contributed by atoms with van der Waals surface area (Å²) >= 11 is 1.44. The molecule has 0 spiro atoms. The number of hydrogen-bond acceptors (Lipinski definition) is 3. The average molecular weight is 280 g/mol. The number of hydrogen-bond donors (Lipinski definition) is 1. The molecule has 0 heterocycles. The molecule has 1 N–H and O–H groups in total. The summed E-state index contributed by atoms with van der Waals surface area (Å²) < 4.78 is 42.2. The van der Waals surface area contributed by atoms with E-state index in [1.54, 1.807) is 12.1 Å². The number of aliphatic carboxylic acids is 1. The summed E-state index contributed by atoms with van der Waals surface area (Å²) in [5.41, 5.74) is 0. The fraction of sp³-hybridized carbons (Fsp3) is 0.364. The molecule has 7 heteroatoms. The first-order valence-corrected chi connectivity index (χ1v) is 6.14. The first kappa shape index (κ1) is 14.7. The van der Waals surface area contributed by atoms with Gasteiger partial charge in [-0.1, -0.05) is 0 Å². The summed E-state index contributed by atoms with van der Waals surface area (Å²) in [4.78, 5) is 11.2. The van der Waals surface area contributed by atoms with Crippen LogP contribution in [0.1, 0.15) is 6.42 Å². The second kappa shape index (κ2) is 5.99. The lowest BCUT2D eigenvalue weighted by Crippen LogP contribution is -2.36. The molecule has 0 saturated heterocycles. The van der Waals surface area contributed by atoms with E-state index in [-0.39, 0.29) is 5.75 Å². The Morgan fingerprint density at radius 3 is 2.33 bits per heavy atom. The standard InChI is InChI=1S/C11H11F3O3S/c1-18-8-4-2-7(3-5-8)17-9(6-10(15)16)11(12,13)14/h2-5,9H,6H2,1H3,(H,15,16). The molecule has 1 rings (SSSR count). The molecule has 0 aliphatic rings. The summed E-state index contributed by atoms with van der Waals surface area (Å²) in [5, 5.41) is 8.42. The number of carboxylic acids is 1. The van der Waals surface area contributed by atoms with E-state index in [0.717, 1.165) is 4.90 Å². The molecular weight excluding hydrogens is 269 g/mol. The van der Waals surface area contributed by atoms with E-state index in [1.165, 1.54) is 23.9 Å². The minimum absolute atomic E-state index is 0.00336. The molecule has 0 radical (unpaired) electrons. The molecule has 18 heavy (non-hydrogen) atoms. The molecule has 0 aliphatic carbocycles. The van der Waals surface area contributed by atoms with Gasteiger partial charge in [-0.15, -0.1) is 11.8 Å². The number of ether oxygens (including phenoxy) is 1. The molecule has 0 saturated carbocycles. The molecule has 3 nitrogen and oxygen atoms in total. The molecule has 100 valence electrons. The Hall–Kier alpha value is -1.37. The number of rotatable bonds is 5. The van der Waals surface area contributed by atoms with Gasteiger partial charge in [-0.25, -0.2) is 0 Å². The van der Waals surface area contributed by atoms with Crippen molar-refractivity contribution < 1.29 is 27.8 Å². The van der Waals surface area contributed by atoms with Crippen LogP contribution in [0.15, 0.2) is 29.2 Å². The third-order valence-corrected chi connectivity index (χ3v) is 2.81. The summed E-state index contributed by atoms with van der Waals surface area (Å²) in [6.07, 6.45) is -6.33. The predicted octanol–water partition coefficient (Wildman–Crippen LogP) is 3.19. The van der Waals surface area contributed by atoms with Gasteiger partial charge >= 0.3 is 12.1 Å². The van der Waals surface area contributed by atoms with E-state index in [2.05, 4.69) is 4.74 Å². The van der Waals surface area contributed by atoms with Gasteiger partial charge in [0.1, 0.15) is 5.75 Å². The van der Waals surface area contributed by atoms with Crippen molar-refractivity contribution in [3.63, 3.8) is 0 Å². The number of benzene rings is 1. The zero-order valence-corrected chi connectivity index (χ0v) is 10.2. The molecule has 0 amide bonds. The number of halogens is 3. The lowest BCUT2D eigenvalue weighted by molar-refractivity contribution is -0.200. The predicted molar refractivity (Wildman–Crippen MR) is 60.9 cm³/mol. The van der Waals surface area contributed by atoms with Gasteiger partial charge in [-0.05, 0) is 30.5 Å². The number of carboxylic acid groups (broad SMARTS) is 1. The normalized spacial score (nSPS) is 13.1. The quantitative estimate of drug-likeness (QED) is 0.841. The van der Waals surface area contributed by atoms with Crippen molar-refractivity contribution in [1.82, 2.24) is 0 Å². The molecule has 0 aliphatic heterocycles. The van der Waals surface area contributed by atoms with Crippen molar-refractivity contribution in [2.45, 2.75) is 23.6 Å². The zero-order valence-electron chi connectivity index (χ0n) is 9.40. The molecule has 0 bridgehead atoms. The van der Waals surface area contributed by atoms with Crippen LogP contribution in [-0.2, 0) is 4.79 Å². The second-order valence-corrected chi connectivity index (χ2v) is 4.30. The average Bonchev–Trinajstić information content (AvgIpc) is 2.27. The first-order valence-electron chi connectivity index (χ1n) is 4.92. The van der Waals surface area contributed by atoms with E-state index in [1.807, 2.05) is 6.26 Å². The van der Waals surface area contributed by atoms with E-state index in [4.69, 9.17) is 5.11 Å². The highest BCUT2D eigenvalue weighted by atomic mass is 32.2.